The topological polar surface area (TPSA) is 88.6 Å². The van der Waals surface area contributed by atoms with E-state index >= 15 is 0 Å². The van der Waals surface area contributed by atoms with E-state index in [4.69, 9.17) is 4.74 Å². The lowest BCUT2D eigenvalue weighted by Crippen LogP contribution is -2.65. The summed E-state index contributed by atoms with van der Waals surface area (Å²) in [5.74, 6) is -0.461. The maximum Gasteiger partial charge on any atom is 0.331 e. The lowest BCUT2D eigenvalue weighted by Gasteiger charge is -2.44. The number of carbonyl (C=O) groups excluding carboxylic acids is 3. The summed E-state index contributed by atoms with van der Waals surface area (Å²) in [7, 11) is 1.49. The molecule has 2 fully saturated rings. The molecule has 1 aliphatic heterocycles. The van der Waals surface area contributed by atoms with Crippen molar-refractivity contribution in [2.45, 2.75) is 25.8 Å². The molecule has 1 aromatic heterocycles. The average molecular weight is 289 g/mol. The molecule has 1 aromatic rings. The van der Waals surface area contributed by atoms with Gasteiger partial charge in [0.2, 0.25) is 17.7 Å². The molecule has 0 unspecified atom stereocenters. The Morgan fingerprint density at radius 1 is 1.38 bits per heavy atom. The fourth-order valence-corrected chi connectivity index (χ4v) is 2.69. The molecular weight excluding hydrogens is 274 g/mol. The van der Waals surface area contributed by atoms with Crippen LogP contribution in [-0.2, 0) is 16.1 Å². The van der Waals surface area contributed by atoms with Crippen molar-refractivity contribution >= 4 is 17.8 Å². The van der Waals surface area contributed by atoms with Crippen LogP contribution in [0.1, 0.15) is 24.8 Å². The number of hydrogen-bond donors (Lipinski definition) is 1. The van der Waals surface area contributed by atoms with Crippen molar-refractivity contribution in [2.24, 2.45) is 5.41 Å². The number of rotatable bonds is 3. The van der Waals surface area contributed by atoms with Gasteiger partial charge in [0.15, 0.2) is 0 Å². The number of amides is 4. The summed E-state index contributed by atoms with van der Waals surface area (Å²) >= 11 is 0. The lowest BCUT2D eigenvalue weighted by atomic mass is 9.66. The van der Waals surface area contributed by atoms with Crippen LogP contribution in [0.4, 0.5) is 4.79 Å². The summed E-state index contributed by atoms with van der Waals surface area (Å²) in [6.45, 7) is 0.0958. The van der Waals surface area contributed by atoms with E-state index in [1.807, 2.05) is 0 Å². The maximum atomic E-state index is 12.5. The predicted molar refractivity (Wildman–Crippen MR) is 71.2 cm³/mol. The molecule has 1 saturated carbocycles. The second-order valence-corrected chi connectivity index (χ2v) is 5.29. The Morgan fingerprint density at radius 3 is 2.76 bits per heavy atom. The number of ether oxygens (including phenoxy) is 1. The molecule has 0 atom stereocenters. The van der Waals surface area contributed by atoms with Gasteiger partial charge in [0.1, 0.15) is 5.41 Å². The number of methoxy groups -OCH3 is 1. The molecule has 21 heavy (non-hydrogen) atoms. The van der Waals surface area contributed by atoms with Gasteiger partial charge in [0.25, 0.3) is 0 Å². The molecule has 110 valence electrons. The van der Waals surface area contributed by atoms with Gasteiger partial charge in [-0.05, 0) is 24.5 Å². The Balaban J connectivity index is 1.85. The molecular formula is C14H15N3O4. The molecule has 4 amide bonds. The minimum absolute atomic E-state index is 0.0958. The molecule has 3 rings (SSSR count). The van der Waals surface area contributed by atoms with Gasteiger partial charge >= 0.3 is 6.03 Å². The molecule has 7 heteroatoms. The Labute approximate surface area is 121 Å². The minimum Gasteiger partial charge on any atom is -0.481 e. The number of hydrogen-bond acceptors (Lipinski definition) is 5. The number of nitrogens with one attached hydrogen (secondary N) is 1. The number of carbonyl (C=O) groups is 3. The summed E-state index contributed by atoms with van der Waals surface area (Å²) in [5.41, 5.74) is -0.320. The molecule has 0 bridgehead atoms. The van der Waals surface area contributed by atoms with Crippen molar-refractivity contribution in [2.75, 3.05) is 7.11 Å². The fourth-order valence-electron chi connectivity index (χ4n) is 2.69. The van der Waals surface area contributed by atoms with Crippen LogP contribution in [0.2, 0.25) is 0 Å². The van der Waals surface area contributed by atoms with E-state index in [9.17, 15) is 14.4 Å². The quantitative estimate of drug-likeness (QED) is 0.833. The number of nitrogens with zero attached hydrogens (tertiary/aromatic N) is 2. The number of aromatic nitrogens is 1. The van der Waals surface area contributed by atoms with Crippen LogP contribution >= 0.6 is 0 Å². The highest BCUT2D eigenvalue weighted by atomic mass is 16.5. The van der Waals surface area contributed by atoms with Crippen molar-refractivity contribution < 1.29 is 19.1 Å². The van der Waals surface area contributed by atoms with Crippen LogP contribution in [0.25, 0.3) is 0 Å². The molecule has 1 N–H and O–H groups in total. The first-order valence-electron chi connectivity index (χ1n) is 6.73. The number of pyridine rings is 1. The summed E-state index contributed by atoms with van der Waals surface area (Å²) in [5, 5.41) is 2.28. The smallest absolute Gasteiger partial charge is 0.331 e. The van der Waals surface area contributed by atoms with Gasteiger partial charge in [-0.15, -0.1) is 0 Å². The van der Waals surface area contributed by atoms with Gasteiger partial charge in [0.05, 0.1) is 13.7 Å². The van der Waals surface area contributed by atoms with E-state index in [1.165, 1.54) is 7.11 Å². The highest BCUT2D eigenvalue weighted by molar-refractivity contribution is 6.19. The maximum absolute atomic E-state index is 12.5. The first-order chi connectivity index (χ1) is 10.1. The predicted octanol–water partition coefficient (Wildman–Crippen LogP) is 0.839. The molecule has 1 aliphatic carbocycles. The largest absolute Gasteiger partial charge is 0.481 e. The Bertz CT molecular complexity index is 624. The molecule has 0 radical (unpaired) electrons. The van der Waals surface area contributed by atoms with Gasteiger partial charge in [0, 0.05) is 12.3 Å². The lowest BCUT2D eigenvalue weighted by molar-refractivity contribution is -0.158. The third-order valence-corrected chi connectivity index (χ3v) is 4.11. The van der Waals surface area contributed by atoms with Crippen molar-refractivity contribution in [1.82, 2.24) is 15.2 Å². The van der Waals surface area contributed by atoms with Crippen molar-refractivity contribution in [1.29, 1.82) is 0 Å². The van der Waals surface area contributed by atoms with Gasteiger partial charge in [-0.2, -0.15) is 0 Å². The van der Waals surface area contributed by atoms with E-state index in [0.717, 1.165) is 11.3 Å². The zero-order valence-corrected chi connectivity index (χ0v) is 11.6. The SMILES string of the molecule is COc1cc(CN2C(=O)NC(=O)C3(CCC3)C2=O)ccn1. The first kappa shape index (κ1) is 13.5. The monoisotopic (exact) mass is 289 g/mol. The zero-order valence-electron chi connectivity index (χ0n) is 11.6. The van der Waals surface area contributed by atoms with E-state index < -0.39 is 23.3 Å². The van der Waals surface area contributed by atoms with E-state index in [2.05, 4.69) is 10.3 Å². The molecule has 1 spiro atoms. The summed E-state index contributed by atoms with van der Waals surface area (Å²) < 4.78 is 5.02. The molecule has 1 saturated heterocycles. The van der Waals surface area contributed by atoms with Gasteiger partial charge in [-0.1, -0.05) is 6.42 Å². The standard InChI is InChI=1S/C14H15N3O4/c1-21-10-7-9(3-6-15-10)8-17-12(19)14(4-2-5-14)11(18)16-13(17)20/h3,6-7H,2,4-5,8H2,1H3,(H,16,18,20). The Hall–Kier alpha value is -2.44. The van der Waals surface area contributed by atoms with Crippen LogP contribution in [0.3, 0.4) is 0 Å². The van der Waals surface area contributed by atoms with Crippen LogP contribution in [0, 0.1) is 5.41 Å². The van der Waals surface area contributed by atoms with Crippen LogP contribution < -0.4 is 10.1 Å². The highest BCUT2D eigenvalue weighted by Crippen LogP contribution is 2.44. The fraction of sp³-hybridized carbons (Fsp3) is 0.429. The van der Waals surface area contributed by atoms with Crippen LogP contribution in [0.15, 0.2) is 18.3 Å². The van der Waals surface area contributed by atoms with Crippen molar-refractivity contribution in [3.05, 3.63) is 23.9 Å². The third-order valence-electron chi connectivity index (χ3n) is 4.11. The number of urea groups is 1. The molecule has 2 heterocycles. The van der Waals surface area contributed by atoms with Crippen molar-refractivity contribution in [3.63, 3.8) is 0 Å². The van der Waals surface area contributed by atoms with Gasteiger partial charge in [-0.3, -0.25) is 19.8 Å². The second-order valence-electron chi connectivity index (χ2n) is 5.29. The van der Waals surface area contributed by atoms with Gasteiger partial charge in [-0.25, -0.2) is 9.78 Å². The summed E-state index contributed by atoms with van der Waals surface area (Å²) in [4.78, 5) is 41.4. The first-order valence-corrected chi connectivity index (χ1v) is 6.73. The number of imide groups is 2. The second kappa shape index (κ2) is 4.83. The average Bonchev–Trinajstić information content (AvgIpc) is 2.42. The van der Waals surface area contributed by atoms with E-state index in [0.29, 0.717) is 24.3 Å². The van der Waals surface area contributed by atoms with E-state index in [-0.39, 0.29) is 6.54 Å². The normalized spacial score (nSPS) is 20.2. The molecule has 0 aromatic carbocycles. The highest BCUT2D eigenvalue weighted by Gasteiger charge is 2.57. The van der Waals surface area contributed by atoms with E-state index in [1.54, 1.807) is 18.3 Å². The van der Waals surface area contributed by atoms with Crippen molar-refractivity contribution in [3.8, 4) is 5.88 Å². The zero-order chi connectivity index (χ0) is 15.0. The van der Waals surface area contributed by atoms with Gasteiger partial charge < -0.3 is 4.74 Å². The minimum atomic E-state index is -1.04. The number of barbiturate groups is 1. The third kappa shape index (κ3) is 2.05. The Morgan fingerprint density at radius 2 is 2.14 bits per heavy atom. The summed E-state index contributed by atoms with van der Waals surface area (Å²) in [6, 6.07) is 2.69. The summed E-state index contributed by atoms with van der Waals surface area (Å²) in [6.07, 6.45) is 3.37. The van der Waals surface area contributed by atoms with Crippen LogP contribution in [0.5, 0.6) is 5.88 Å². The Kier molecular flexibility index (Phi) is 3.12. The van der Waals surface area contributed by atoms with Crippen LogP contribution in [-0.4, -0.2) is 34.8 Å². The molecule has 7 nitrogen and oxygen atoms in total. The molecule has 2 aliphatic rings.